The lowest BCUT2D eigenvalue weighted by molar-refractivity contribution is -0.134. The van der Waals surface area contributed by atoms with Gasteiger partial charge in [-0.1, -0.05) is 0 Å². The Kier molecular flexibility index (Phi) is 2.98. The SMILES string of the molecule is COC(=O)/C=C/[B-](F)(F)F. The molecule has 0 aromatic carbocycles. The highest BCUT2D eigenvalue weighted by molar-refractivity contribution is 6.64. The first-order valence-corrected chi connectivity index (χ1v) is 2.43. The van der Waals surface area contributed by atoms with E-state index in [2.05, 4.69) is 4.74 Å². The number of hydrogen-bond donors (Lipinski definition) is 0. The van der Waals surface area contributed by atoms with Gasteiger partial charge in [-0.3, -0.25) is 0 Å². The number of halogens is 3. The van der Waals surface area contributed by atoms with E-state index in [1.54, 1.807) is 0 Å². The Labute approximate surface area is 55.7 Å². The predicted molar refractivity (Wildman–Crippen MR) is 30.2 cm³/mol. The van der Waals surface area contributed by atoms with Crippen molar-refractivity contribution in [1.82, 2.24) is 0 Å². The molecule has 0 rings (SSSR count). The average molecular weight is 153 g/mol. The highest BCUT2D eigenvalue weighted by Gasteiger charge is 2.17. The molecule has 58 valence electrons. The summed E-state index contributed by atoms with van der Waals surface area (Å²) in [5, 5.41) is 0. The molecule has 0 aromatic rings. The standard InChI is InChI=1S/C4H5BF3O2/c1-10-4(9)2-3-5(6,7)8/h2-3H,1H3/q-1/b3-2+. The van der Waals surface area contributed by atoms with Gasteiger partial charge >= 0.3 is 12.9 Å². The minimum atomic E-state index is -5.02. The van der Waals surface area contributed by atoms with Crippen LogP contribution in [0.3, 0.4) is 0 Å². The monoisotopic (exact) mass is 153 g/mol. The number of ether oxygens (including phenoxy) is 1. The molecule has 0 aliphatic heterocycles. The van der Waals surface area contributed by atoms with Gasteiger partial charge in [-0.05, 0) is 6.08 Å². The van der Waals surface area contributed by atoms with Crippen molar-refractivity contribution in [1.29, 1.82) is 0 Å². The van der Waals surface area contributed by atoms with E-state index in [1.165, 1.54) is 0 Å². The molecular formula is C4H5BF3O2-. The molecule has 0 aliphatic rings. The number of carbonyl (C=O) groups excluding carboxylic acids is 1. The third-order valence-electron chi connectivity index (χ3n) is 0.652. The van der Waals surface area contributed by atoms with Gasteiger partial charge in [0.05, 0.1) is 7.11 Å². The van der Waals surface area contributed by atoms with Gasteiger partial charge < -0.3 is 17.7 Å². The fourth-order valence-electron chi connectivity index (χ4n) is 0.256. The van der Waals surface area contributed by atoms with Crippen LogP contribution in [0.25, 0.3) is 0 Å². The van der Waals surface area contributed by atoms with Gasteiger partial charge in [0.25, 0.3) is 0 Å². The van der Waals surface area contributed by atoms with Crippen molar-refractivity contribution < 1.29 is 22.5 Å². The first-order chi connectivity index (χ1) is 4.45. The fourth-order valence-corrected chi connectivity index (χ4v) is 0.256. The zero-order chi connectivity index (χ0) is 8.20. The second kappa shape index (κ2) is 3.29. The highest BCUT2D eigenvalue weighted by Crippen LogP contribution is 2.08. The molecule has 0 atom stereocenters. The second-order valence-corrected chi connectivity index (χ2v) is 1.51. The van der Waals surface area contributed by atoms with Crippen LogP contribution in [-0.4, -0.2) is 20.1 Å². The Balaban J connectivity index is 3.88. The average Bonchev–Trinajstić information content (AvgIpc) is 1.81. The van der Waals surface area contributed by atoms with Gasteiger partial charge in [0, 0.05) is 0 Å². The maximum absolute atomic E-state index is 11.3. The van der Waals surface area contributed by atoms with Crippen molar-refractivity contribution in [2.75, 3.05) is 7.11 Å². The van der Waals surface area contributed by atoms with Crippen molar-refractivity contribution in [3.05, 3.63) is 12.1 Å². The van der Waals surface area contributed by atoms with E-state index in [0.29, 0.717) is 6.08 Å². The molecular weight excluding hydrogens is 148 g/mol. The van der Waals surface area contributed by atoms with Crippen molar-refractivity contribution >= 4 is 12.9 Å². The lowest BCUT2D eigenvalue weighted by Gasteiger charge is -2.04. The summed E-state index contributed by atoms with van der Waals surface area (Å²) in [4.78, 5) is 10.1. The Morgan fingerprint density at radius 3 is 2.30 bits per heavy atom. The van der Waals surface area contributed by atoms with Crippen LogP contribution in [0.15, 0.2) is 12.1 Å². The van der Waals surface area contributed by atoms with Crippen LogP contribution in [0, 0.1) is 0 Å². The summed E-state index contributed by atoms with van der Waals surface area (Å²) < 4.78 is 37.9. The minimum absolute atomic E-state index is 0.119. The van der Waals surface area contributed by atoms with E-state index in [0.717, 1.165) is 7.11 Å². The first-order valence-electron chi connectivity index (χ1n) is 2.43. The number of esters is 1. The van der Waals surface area contributed by atoms with Gasteiger partial charge in [0.1, 0.15) is 0 Å². The molecule has 0 amide bonds. The maximum atomic E-state index is 11.3. The van der Waals surface area contributed by atoms with Gasteiger partial charge in [0.15, 0.2) is 0 Å². The lowest BCUT2D eigenvalue weighted by Crippen LogP contribution is -2.11. The van der Waals surface area contributed by atoms with Crippen molar-refractivity contribution in [2.24, 2.45) is 0 Å². The Morgan fingerprint density at radius 1 is 1.50 bits per heavy atom. The van der Waals surface area contributed by atoms with Gasteiger partial charge in [-0.25, -0.2) is 4.79 Å². The molecule has 0 saturated carbocycles. The molecule has 0 unspecified atom stereocenters. The van der Waals surface area contributed by atoms with E-state index in [4.69, 9.17) is 0 Å². The first kappa shape index (κ1) is 9.06. The Morgan fingerprint density at radius 2 is 2.00 bits per heavy atom. The highest BCUT2D eigenvalue weighted by atomic mass is 19.4. The molecule has 2 nitrogen and oxygen atoms in total. The van der Waals surface area contributed by atoms with Crippen LogP contribution < -0.4 is 0 Å². The van der Waals surface area contributed by atoms with Crippen LogP contribution in [0.4, 0.5) is 12.9 Å². The zero-order valence-electron chi connectivity index (χ0n) is 5.18. The van der Waals surface area contributed by atoms with E-state index in [9.17, 15) is 17.7 Å². The predicted octanol–water partition coefficient (Wildman–Crippen LogP) is 1.10. The third-order valence-corrected chi connectivity index (χ3v) is 0.652. The zero-order valence-corrected chi connectivity index (χ0v) is 5.18. The van der Waals surface area contributed by atoms with E-state index in [-0.39, 0.29) is 5.98 Å². The van der Waals surface area contributed by atoms with Crippen LogP contribution >= 0.6 is 0 Å². The minimum Gasteiger partial charge on any atom is -0.466 e. The molecule has 10 heavy (non-hydrogen) atoms. The van der Waals surface area contributed by atoms with Gasteiger partial charge in [0.2, 0.25) is 0 Å². The summed E-state index contributed by atoms with van der Waals surface area (Å²) in [6.07, 6.45) is 0.347. The van der Waals surface area contributed by atoms with Crippen molar-refractivity contribution in [2.45, 2.75) is 0 Å². The fraction of sp³-hybridized carbons (Fsp3) is 0.250. The molecule has 0 saturated heterocycles. The Bertz CT molecular complexity index is 151. The number of carbonyl (C=O) groups is 1. The molecule has 0 N–H and O–H groups in total. The molecule has 0 aliphatic carbocycles. The third kappa shape index (κ3) is 5.21. The Hall–Kier alpha value is -0.935. The van der Waals surface area contributed by atoms with Crippen LogP contribution in [0.5, 0.6) is 0 Å². The molecule has 0 bridgehead atoms. The largest absolute Gasteiger partial charge is 0.502 e. The van der Waals surface area contributed by atoms with E-state index in [1.807, 2.05) is 0 Å². The van der Waals surface area contributed by atoms with Gasteiger partial charge in [-0.15, -0.1) is 5.98 Å². The summed E-state index contributed by atoms with van der Waals surface area (Å²) in [6, 6.07) is 0. The number of hydrogen-bond acceptors (Lipinski definition) is 2. The molecule has 0 aromatic heterocycles. The van der Waals surface area contributed by atoms with Crippen LogP contribution in [-0.2, 0) is 9.53 Å². The summed E-state index contributed by atoms with van der Waals surface area (Å²) in [6.45, 7) is -5.02. The molecule has 6 heteroatoms. The smallest absolute Gasteiger partial charge is 0.466 e. The van der Waals surface area contributed by atoms with Crippen LogP contribution in [0.2, 0.25) is 0 Å². The van der Waals surface area contributed by atoms with E-state index < -0.39 is 12.9 Å². The summed E-state index contributed by atoms with van der Waals surface area (Å²) in [5.74, 6) is -1.12. The maximum Gasteiger partial charge on any atom is 0.502 e. The van der Waals surface area contributed by atoms with Crippen molar-refractivity contribution in [3.8, 4) is 0 Å². The topological polar surface area (TPSA) is 26.3 Å². The van der Waals surface area contributed by atoms with Crippen LogP contribution in [0.1, 0.15) is 0 Å². The summed E-state index contributed by atoms with van der Waals surface area (Å²) >= 11 is 0. The quantitative estimate of drug-likeness (QED) is 0.337. The van der Waals surface area contributed by atoms with Gasteiger partial charge in [-0.2, -0.15) is 0 Å². The molecule has 0 radical (unpaired) electrons. The lowest BCUT2D eigenvalue weighted by atomic mass is 9.92. The number of methoxy groups -OCH3 is 1. The second-order valence-electron chi connectivity index (χ2n) is 1.51. The summed E-state index contributed by atoms with van der Waals surface area (Å²) in [7, 11) is 1.01. The number of rotatable bonds is 2. The molecule has 0 heterocycles. The van der Waals surface area contributed by atoms with Crippen molar-refractivity contribution in [3.63, 3.8) is 0 Å². The molecule has 0 fully saturated rings. The molecule has 0 spiro atoms. The summed E-state index contributed by atoms with van der Waals surface area (Å²) in [5.41, 5.74) is 0. The van der Waals surface area contributed by atoms with E-state index >= 15 is 0 Å². The normalized spacial score (nSPS) is 12.0.